The Hall–Kier alpha value is -0.870. The highest BCUT2D eigenvalue weighted by Gasteiger charge is 2.20. The fourth-order valence-corrected chi connectivity index (χ4v) is 9.01. The van der Waals surface area contributed by atoms with Crippen LogP contribution in [0.2, 0.25) is 0 Å². The summed E-state index contributed by atoms with van der Waals surface area (Å²) < 4.78 is 0. The standard InChI is InChI=1S/C56H111NO3/c1-3-5-7-9-11-13-15-17-19-21-23-25-27-28-30-32-34-36-38-40-42-44-46-48-50-52-56(60)57-54(53-58)55(59)51-49-47-45-43-41-39-37-35-33-31-29-26-24-22-20-18-16-14-12-10-8-6-4-2/h21,23,54-55,58-59H,3-20,22,24-53H2,1-2H3,(H,57,60)/b23-21-. The van der Waals surface area contributed by atoms with E-state index in [9.17, 15) is 15.0 Å². The molecule has 0 aromatic carbocycles. The number of allylic oxidation sites excluding steroid dienone is 2. The van der Waals surface area contributed by atoms with Gasteiger partial charge in [0, 0.05) is 6.42 Å². The first-order valence-electron chi connectivity index (χ1n) is 27.9. The van der Waals surface area contributed by atoms with Crippen LogP contribution in [-0.4, -0.2) is 34.9 Å². The lowest BCUT2D eigenvalue weighted by Crippen LogP contribution is -2.45. The summed E-state index contributed by atoms with van der Waals surface area (Å²) >= 11 is 0. The summed E-state index contributed by atoms with van der Waals surface area (Å²) in [5.41, 5.74) is 0. The molecule has 0 aliphatic rings. The third-order valence-electron chi connectivity index (χ3n) is 13.3. The number of unbranched alkanes of at least 4 members (excludes halogenated alkanes) is 43. The molecule has 2 atom stereocenters. The van der Waals surface area contributed by atoms with Crippen LogP contribution < -0.4 is 5.32 Å². The molecule has 0 fully saturated rings. The highest BCUT2D eigenvalue weighted by Crippen LogP contribution is 2.18. The van der Waals surface area contributed by atoms with Crippen LogP contribution in [0.1, 0.15) is 322 Å². The molecule has 0 aromatic heterocycles. The molecular weight excluding hydrogens is 735 g/mol. The van der Waals surface area contributed by atoms with E-state index < -0.39 is 12.1 Å². The summed E-state index contributed by atoms with van der Waals surface area (Å²) in [5, 5.41) is 23.3. The minimum atomic E-state index is -0.657. The molecular formula is C56H111NO3. The first kappa shape index (κ1) is 59.1. The van der Waals surface area contributed by atoms with Crippen molar-refractivity contribution in [1.82, 2.24) is 5.32 Å². The lowest BCUT2D eigenvalue weighted by molar-refractivity contribution is -0.123. The van der Waals surface area contributed by atoms with Gasteiger partial charge in [-0.25, -0.2) is 0 Å². The van der Waals surface area contributed by atoms with E-state index in [0.29, 0.717) is 12.8 Å². The summed E-state index contributed by atoms with van der Waals surface area (Å²) in [4.78, 5) is 12.5. The van der Waals surface area contributed by atoms with Gasteiger partial charge in [0.05, 0.1) is 18.8 Å². The summed E-state index contributed by atoms with van der Waals surface area (Å²) in [6.07, 6.45) is 67.7. The molecule has 1 amide bonds. The van der Waals surface area contributed by atoms with Gasteiger partial charge in [-0.3, -0.25) is 4.79 Å². The zero-order valence-corrected chi connectivity index (χ0v) is 41.3. The predicted molar refractivity (Wildman–Crippen MR) is 267 cm³/mol. The van der Waals surface area contributed by atoms with Gasteiger partial charge >= 0.3 is 0 Å². The maximum absolute atomic E-state index is 12.5. The molecule has 358 valence electrons. The van der Waals surface area contributed by atoms with Crippen LogP contribution in [0, 0.1) is 0 Å². The van der Waals surface area contributed by atoms with E-state index in [-0.39, 0.29) is 12.5 Å². The molecule has 0 spiro atoms. The Morgan fingerprint density at radius 2 is 0.633 bits per heavy atom. The fraction of sp³-hybridized carbons (Fsp3) is 0.946. The summed E-state index contributed by atoms with van der Waals surface area (Å²) in [6.45, 7) is 4.40. The van der Waals surface area contributed by atoms with Gasteiger partial charge in [0.25, 0.3) is 0 Å². The second-order valence-electron chi connectivity index (χ2n) is 19.4. The molecule has 0 heterocycles. The molecule has 4 nitrogen and oxygen atoms in total. The van der Waals surface area contributed by atoms with E-state index in [0.717, 1.165) is 25.7 Å². The maximum atomic E-state index is 12.5. The van der Waals surface area contributed by atoms with Gasteiger partial charge in [-0.15, -0.1) is 0 Å². The van der Waals surface area contributed by atoms with Crippen LogP contribution in [0.5, 0.6) is 0 Å². The minimum Gasteiger partial charge on any atom is -0.394 e. The monoisotopic (exact) mass is 846 g/mol. The average Bonchev–Trinajstić information content (AvgIpc) is 3.25. The van der Waals surface area contributed by atoms with Gasteiger partial charge in [0.2, 0.25) is 5.91 Å². The van der Waals surface area contributed by atoms with Gasteiger partial charge in [-0.2, -0.15) is 0 Å². The topological polar surface area (TPSA) is 69.6 Å². The Morgan fingerprint density at radius 1 is 0.383 bits per heavy atom. The number of hydrogen-bond donors (Lipinski definition) is 3. The molecule has 0 rings (SSSR count). The second-order valence-corrected chi connectivity index (χ2v) is 19.4. The quantitative estimate of drug-likeness (QED) is 0.0422. The van der Waals surface area contributed by atoms with Crippen molar-refractivity contribution < 1.29 is 15.0 Å². The second kappa shape index (κ2) is 52.5. The van der Waals surface area contributed by atoms with Gasteiger partial charge in [-0.1, -0.05) is 289 Å². The van der Waals surface area contributed by atoms with Crippen molar-refractivity contribution in [3.8, 4) is 0 Å². The highest BCUT2D eigenvalue weighted by molar-refractivity contribution is 5.76. The lowest BCUT2D eigenvalue weighted by Gasteiger charge is -2.22. The van der Waals surface area contributed by atoms with Crippen molar-refractivity contribution in [2.45, 2.75) is 334 Å². The van der Waals surface area contributed by atoms with Crippen molar-refractivity contribution in [2.75, 3.05) is 6.61 Å². The lowest BCUT2D eigenvalue weighted by atomic mass is 10.0. The summed E-state index contributed by atoms with van der Waals surface area (Å²) in [6, 6.07) is -0.534. The minimum absolute atomic E-state index is 0.0250. The molecule has 0 aliphatic heterocycles. The zero-order valence-electron chi connectivity index (χ0n) is 41.3. The van der Waals surface area contributed by atoms with Gasteiger partial charge in [0.15, 0.2) is 0 Å². The highest BCUT2D eigenvalue weighted by atomic mass is 16.3. The number of aliphatic hydroxyl groups excluding tert-OH is 2. The van der Waals surface area contributed by atoms with Gasteiger partial charge < -0.3 is 15.5 Å². The van der Waals surface area contributed by atoms with Gasteiger partial charge in [0.1, 0.15) is 0 Å². The Kier molecular flexibility index (Phi) is 51.7. The molecule has 4 heteroatoms. The smallest absolute Gasteiger partial charge is 0.220 e. The van der Waals surface area contributed by atoms with Crippen molar-refractivity contribution in [3.63, 3.8) is 0 Å². The Balaban J connectivity index is 3.43. The molecule has 0 aromatic rings. The third kappa shape index (κ3) is 48.2. The SMILES string of the molecule is CCCCCCCCCC/C=C\CCCCCCCCCCCCCCCC(=O)NC(CO)C(O)CCCCCCCCCCCCCCCCCCCCCCCCC. The summed E-state index contributed by atoms with van der Waals surface area (Å²) in [5.74, 6) is -0.0250. The van der Waals surface area contributed by atoms with Crippen molar-refractivity contribution in [1.29, 1.82) is 0 Å². The number of hydrogen-bond acceptors (Lipinski definition) is 3. The molecule has 0 bridgehead atoms. The zero-order chi connectivity index (χ0) is 43.5. The fourth-order valence-electron chi connectivity index (χ4n) is 9.01. The Labute approximate surface area is 377 Å². The maximum Gasteiger partial charge on any atom is 0.220 e. The van der Waals surface area contributed by atoms with Crippen molar-refractivity contribution in [3.05, 3.63) is 12.2 Å². The molecule has 0 saturated carbocycles. The molecule has 60 heavy (non-hydrogen) atoms. The number of carbonyl (C=O) groups excluding carboxylic acids is 1. The molecule has 0 saturated heterocycles. The number of amides is 1. The van der Waals surface area contributed by atoms with E-state index in [1.165, 1.54) is 270 Å². The first-order chi connectivity index (χ1) is 29.7. The molecule has 2 unspecified atom stereocenters. The number of nitrogens with one attached hydrogen (secondary N) is 1. The average molecular weight is 847 g/mol. The van der Waals surface area contributed by atoms with Crippen LogP contribution in [0.15, 0.2) is 12.2 Å². The van der Waals surface area contributed by atoms with Crippen LogP contribution in [-0.2, 0) is 4.79 Å². The van der Waals surface area contributed by atoms with E-state index in [2.05, 4.69) is 31.3 Å². The van der Waals surface area contributed by atoms with E-state index in [1.54, 1.807) is 0 Å². The predicted octanol–water partition coefficient (Wildman–Crippen LogP) is 18.1. The Bertz CT molecular complexity index is 829. The van der Waals surface area contributed by atoms with Crippen molar-refractivity contribution in [2.24, 2.45) is 0 Å². The van der Waals surface area contributed by atoms with E-state index in [1.807, 2.05) is 0 Å². The Morgan fingerprint density at radius 3 is 0.917 bits per heavy atom. The number of aliphatic hydroxyl groups is 2. The van der Waals surface area contributed by atoms with Crippen LogP contribution in [0.4, 0.5) is 0 Å². The van der Waals surface area contributed by atoms with Crippen molar-refractivity contribution >= 4 is 5.91 Å². The third-order valence-corrected chi connectivity index (χ3v) is 13.3. The summed E-state index contributed by atoms with van der Waals surface area (Å²) in [7, 11) is 0. The molecule has 0 radical (unpaired) electrons. The van der Waals surface area contributed by atoms with E-state index in [4.69, 9.17) is 0 Å². The largest absolute Gasteiger partial charge is 0.394 e. The van der Waals surface area contributed by atoms with Crippen LogP contribution in [0.25, 0.3) is 0 Å². The molecule has 3 N–H and O–H groups in total. The normalized spacial score (nSPS) is 12.8. The first-order valence-corrected chi connectivity index (χ1v) is 27.9. The number of rotatable bonds is 52. The van der Waals surface area contributed by atoms with Crippen LogP contribution in [0.3, 0.4) is 0 Å². The number of carbonyl (C=O) groups is 1. The van der Waals surface area contributed by atoms with Gasteiger partial charge in [-0.05, 0) is 38.5 Å². The van der Waals surface area contributed by atoms with E-state index >= 15 is 0 Å². The van der Waals surface area contributed by atoms with Crippen LogP contribution >= 0.6 is 0 Å². The molecule has 0 aliphatic carbocycles.